The van der Waals surface area contributed by atoms with E-state index in [1.54, 1.807) is 48.5 Å². The third kappa shape index (κ3) is 8.91. The van der Waals surface area contributed by atoms with Crippen LogP contribution >= 0.6 is 34.4 Å². The molecule has 3 aromatic carbocycles. The predicted molar refractivity (Wildman–Crippen MR) is 184 cm³/mol. The Morgan fingerprint density at radius 3 is 2.49 bits per heavy atom. The highest BCUT2D eigenvalue weighted by atomic mass is 32.2. The molecule has 0 aliphatic heterocycles. The van der Waals surface area contributed by atoms with Crippen LogP contribution in [0.5, 0.6) is 5.75 Å². The van der Waals surface area contributed by atoms with Gasteiger partial charge >= 0.3 is 0 Å². The van der Waals surface area contributed by atoms with E-state index in [9.17, 15) is 14.4 Å². The zero-order chi connectivity index (χ0) is 31.6. The molecule has 2 aromatic heterocycles. The Morgan fingerprint density at radius 2 is 1.76 bits per heavy atom. The number of nitrogens with zero attached hydrogens (tertiary/aromatic N) is 1. The molecule has 1 atom stereocenters. The Hall–Kier alpha value is -4.71. The molecule has 228 valence electrons. The minimum absolute atomic E-state index is 0.112. The minimum Gasteiger partial charge on any atom is -0.494 e. The molecule has 2 heterocycles. The summed E-state index contributed by atoms with van der Waals surface area (Å²) in [6.45, 7) is 4.35. The van der Waals surface area contributed by atoms with Crippen LogP contribution in [0.15, 0.2) is 112 Å². The molecule has 1 unspecified atom stereocenters. The molecule has 5 rings (SSSR count). The van der Waals surface area contributed by atoms with Crippen LogP contribution in [0.1, 0.15) is 29.8 Å². The average molecular weight is 655 g/mol. The summed E-state index contributed by atoms with van der Waals surface area (Å²) in [4.78, 5) is 44.5. The first-order chi connectivity index (χ1) is 21.9. The van der Waals surface area contributed by atoms with Gasteiger partial charge in [-0.05, 0) is 96.9 Å². The van der Waals surface area contributed by atoms with Crippen molar-refractivity contribution in [3.05, 3.63) is 118 Å². The number of thiophene rings is 1. The largest absolute Gasteiger partial charge is 0.494 e. The molecule has 0 aliphatic rings. The third-order valence-corrected chi connectivity index (χ3v) is 8.91. The predicted octanol–water partition coefficient (Wildman–Crippen LogP) is 7.80. The number of thiazole rings is 1. The van der Waals surface area contributed by atoms with Gasteiger partial charge in [0.25, 0.3) is 11.8 Å². The van der Waals surface area contributed by atoms with Gasteiger partial charge in [0.2, 0.25) is 5.91 Å². The molecule has 0 saturated carbocycles. The Labute approximate surface area is 273 Å². The molecule has 8 nitrogen and oxygen atoms in total. The molecule has 0 bridgehead atoms. The molecule has 0 radical (unpaired) electrons. The number of rotatable bonds is 12. The van der Waals surface area contributed by atoms with Gasteiger partial charge in [-0.3, -0.25) is 14.4 Å². The molecule has 0 fully saturated rings. The van der Waals surface area contributed by atoms with Gasteiger partial charge in [0, 0.05) is 27.1 Å². The fourth-order valence-corrected chi connectivity index (χ4v) is 6.40. The van der Waals surface area contributed by atoms with Crippen LogP contribution < -0.4 is 20.7 Å². The quantitative estimate of drug-likeness (QED) is 0.0936. The minimum atomic E-state index is -0.467. The summed E-state index contributed by atoms with van der Waals surface area (Å²) in [7, 11) is 0. The van der Waals surface area contributed by atoms with Crippen molar-refractivity contribution in [2.75, 3.05) is 17.2 Å². The highest BCUT2D eigenvalue weighted by Crippen LogP contribution is 2.29. The molecular formula is C34H30N4O4S3. The standard InChI is InChI=1S/C34H30N4O4S3/c1-3-42-27-14-12-24(13-15-27)30-21-44-34(37-30)38-31(39)22(2)45-28-11-7-10-26(19-28)35-33(41)29(18-23-16-17-43-20-23)36-32(40)25-8-5-4-6-9-25/h4-22H,3H2,1-2H3,(H,35,41)(H,36,40)(H,37,38,39)/b29-18-. The Morgan fingerprint density at radius 1 is 0.956 bits per heavy atom. The lowest BCUT2D eigenvalue weighted by atomic mass is 10.2. The van der Waals surface area contributed by atoms with Gasteiger partial charge in [-0.15, -0.1) is 23.1 Å². The van der Waals surface area contributed by atoms with E-state index in [2.05, 4.69) is 20.9 Å². The maximum absolute atomic E-state index is 13.3. The van der Waals surface area contributed by atoms with Gasteiger partial charge < -0.3 is 20.7 Å². The monoisotopic (exact) mass is 654 g/mol. The normalized spacial score (nSPS) is 11.8. The van der Waals surface area contributed by atoms with Crippen LogP contribution in [0.3, 0.4) is 0 Å². The fourth-order valence-electron chi connectivity index (χ4n) is 4.13. The molecule has 0 aliphatic carbocycles. The van der Waals surface area contributed by atoms with Crippen molar-refractivity contribution >= 4 is 69.1 Å². The number of hydrogen-bond acceptors (Lipinski definition) is 8. The zero-order valence-electron chi connectivity index (χ0n) is 24.5. The summed E-state index contributed by atoms with van der Waals surface area (Å²) >= 11 is 4.21. The van der Waals surface area contributed by atoms with E-state index in [0.717, 1.165) is 27.5 Å². The first kappa shape index (κ1) is 31.7. The van der Waals surface area contributed by atoms with Gasteiger partial charge in [0.05, 0.1) is 17.6 Å². The first-order valence-electron chi connectivity index (χ1n) is 14.1. The van der Waals surface area contributed by atoms with Crippen LogP contribution in [0, 0.1) is 0 Å². The molecule has 0 saturated heterocycles. The van der Waals surface area contributed by atoms with E-state index in [4.69, 9.17) is 4.74 Å². The van der Waals surface area contributed by atoms with E-state index in [0.29, 0.717) is 23.0 Å². The van der Waals surface area contributed by atoms with Crippen molar-refractivity contribution in [2.24, 2.45) is 0 Å². The lowest BCUT2D eigenvalue weighted by Crippen LogP contribution is -2.30. The number of aromatic nitrogens is 1. The van der Waals surface area contributed by atoms with E-state index in [-0.39, 0.29) is 17.5 Å². The van der Waals surface area contributed by atoms with Crippen molar-refractivity contribution < 1.29 is 19.1 Å². The second-order valence-corrected chi connectivity index (χ2v) is 12.7. The smallest absolute Gasteiger partial charge is 0.272 e. The van der Waals surface area contributed by atoms with Gasteiger partial charge in [-0.2, -0.15) is 11.3 Å². The number of benzene rings is 3. The summed E-state index contributed by atoms with van der Waals surface area (Å²) in [6, 6.07) is 25.5. The first-order valence-corrected chi connectivity index (χ1v) is 16.8. The lowest BCUT2D eigenvalue weighted by molar-refractivity contribution is -0.115. The number of nitrogens with one attached hydrogen (secondary N) is 3. The number of ether oxygens (including phenoxy) is 1. The molecule has 11 heteroatoms. The maximum atomic E-state index is 13.3. The van der Waals surface area contributed by atoms with Crippen molar-refractivity contribution in [1.29, 1.82) is 0 Å². The molecule has 45 heavy (non-hydrogen) atoms. The zero-order valence-corrected chi connectivity index (χ0v) is 26.9. The molecule has 3 amide bonds. The van der Waals surface area contributed by atoms with Gasteiger partial charge in [0.1, 0.15) is 11.4 Å². The van der Waals surface area contributed by atoms with Crippen molar-refractivity contribution in [3.8, 4) is 17.0 Å². The number of carbonyl (C=O) groups is 3. The summed E-state index contributed by atoms with van der Waals surface area (Å²) in [5, 5.41) is 14.3. The molecular weight excluding hydrogens is 625 g/mol. The highest BCUT2D eigenvalue weighted by molar-refractivity contribution is 8.00. The third-order valence-electron chi connectivity index (χ3n) is 6.35. The summed E-state index contributed by atoms with van der Waals surface area (Å²) in [5.74, 6) is -0.245. The topological polar surface area (TPSA) is 109 Å². The Balaban J connectivity index is 1.21. The van der Waals surface area contributed by atoms with E-state index in [1.165, 1.54) is 34.4 Å². The SMILES string of the molecule is CCOc1ccc(-c2csc(NC(=O)C(C)Sc3cccc(NC(=O)/C(=C/c4ccsc4)NC(=O)c4ccccc4)c3)n2)cc1. The number of anilines is 2. The van der Waals surface area contributed by atoms with Crippen LogP contribution in [0.2, 0.25) is 0 Å². The van der Waals surface area contributed by atoms with Gasteiger partial charge in [-0.25, -0.2) is 4.98 Å². The average Bonchev–Trinajstić information content (AvgIpc) is 3.74. The summed E-state index contributed by atoms with van der Waals surface area (Å²) < 4.78 is 5.50. The second kappa shape index (κ2) is 15.3. The van der Waals surface area contributed by atoms with Gasteiger partial charge in [0.15, 0.2) is 5.13 Å². The molecule has 0 spiro atoms. The Bertz CT molecular complexity index is 1790. The summed E-state index contributed by atoms with van der Waals surface area (Å²) in [6.07, 6.45) is 1.64. The number of carbonyl (C=O) groups excluding carboxylic acids is 3. The highest BCUT2D eigenvalue weighted by Gasteiger charge is 2.18. The fraction of sp³-hybridized carbons (Fsp3) is 0.118. The van der Waals surface area contributed by atoms with Crippen molar-refractivity contribution in [1.82, 2.24) is 10.3 Å². The number of hydrogen-bond donors (Lipinski definition) is 3. The second-order valence-electron chi connectivity index (χ2n) is 9.66. The molecule has 3 N–H and O–H groups in total. The van der Waals surface area contributed by atoms with E-state index >= 15 is 0 Å². The maximum Gasteiger partial charge on any atom is 0.272 e. The van der Waals surface area contributed by atoms with Crippen molar-refractivity contribution in [3.63, 3.8) is 0 Å². The van der Waals surface area contributed by atoms with Crippen LogP contribution in [-0.4, -0.2) is 34.6 Å². The van der Waals surface area contributed by atoms with Crippen LogP contribution in [0.4, 0.5) is 10.8 Å². The molecule has 5 aromatic rings. The lowest BCUT2D eigenvalue weighted by Gasteiger charge is -2.13. The number of amides is 3. The van der Waals surface area contributed by atoms with Crippen molar-refractivity contribution in [2.45, 2.75) is 24.0 Å². The Kier molecular flexibility index (Phi) is 10.8. The number of thioether (sulfide) groups is 1. The van der Waals surface area contributed by atoms with E-state index < -0.39 is 11.2 Å². The summed E-state index contributed by atoms with van der Waals surface area (Å²) in [5.41, 5.74) is 3.59. The van der Waals surface area contributed by atoms with Gasteiger partial charge in [-0.1, -0.05) is 24.3 Å². The van der Waals surface area contributed by atoms with Crippen LogP contribution in [-0.2, 0) is 9.59 Å². The van der Waals surface area contributed by atoms with E-state index in [1.807, 2.05) is 72.5 Å². The van der Waals surface area contributed by atoms with Crippen LogP contribution in [0.25, 0.3) is 17.3 Å².